The summed E-state index contributed by atoms with van der Waals surface area (Å²) in [6, 6.07) is 2.42. The number of fused-ring (bicyclic) bond motifs is 4. The third kappa shape index (κ3) is 3.11. The number of pyridine rings is 1. The molecule has 8 heteroatoms. The van der Waals surface area contributed by atoms with Gasteiger partial charge >= 0.3 is 0 Å². The summed E-state index contributed by atoms with van der Waals surface area (Å²) in [4.78, 5) is 34.1. The minimum Gasteiger partial charge on any atom is -0.346 e. The van der Waals surface area contributed by atoms with Crippen molar-refractivity contribution in [3.63, 3.8) is 0 Å². The zero-order valence-electron chi connectivity index (χ0n) is 15.9. The molecule has 6 rings (SSSR count). The van der Waals surface area contributed by atoms with Crippen molar-refractivity contribution in [3.05, 3.63) is 23.3 Å². The number of aromatic nitrogens is 1. The fourth-order valence-electron chi connectivity index (χ4n) is 4.80. The van der Waals surface area contributed by atoms with Crippen LogP contribution in [0.5, 0.6) is 0 Å². The van der Waals surface area contributed by atoms with Gasteiger partial charge in [-0.15, -0.1) is 11.3 Å². The number of thioether (sulfide) groups is 1. The maximum atomic E-state index is 13.0. The first-order valence-electron chi connectivity index (χ1n) is 9.92. The third-order valence-electron chi connectivity index (χ3n) is 6.43. The van der Waals surface area contributed by atoms with Gasteiger partial charge in [-0.05, 0) is 44.8 Å². The van der Waals surface area contributed by atoms with Crippen molar-refractivity contribution in [1.82, 2.24) is 15.2 Å². The molecule has 4 aliphatic heterocycles. The van der Waals surface area contributed by atoms with Crippen LogP contribution in [-0.2, 0) is 4.79 Å². The number of carbonyl (C=O) groups excluding carboxylic acids is 2. The molecule has 0 aromatic carbocycles. The summed E-state index contributed by atoms with van der Waals surface area (Å²) in [5.74, 6) is 2.06. The molecular formula is C20H24N4O2S2. The first kappa shape index (κ1) is 18.4. The van der Waals surface area contributed by atoms with E-state index in [-0.39, 0.29) is 17.9 Å². The number of anilines is 1. The second kappa shape index (κ2) is 7.31. The van der Waals surface area contributed by atoms with Crippen LogP contribution in [-0.4, -0.2) is 64.9 Å². The van der Waals surface area contributed by atoms with Crippen LogP contribution in [0.4, 0.5) is 5.69 Å². The zero-order valence-corrected chi connectivity index (χ0v) is 17.5. The Hall–Kier alpha value is -1.64. The second-order valence-electron chi connectivity index (χ2n) is 7.90. The number of carbonyl (C=O) groups is 2. The molecule has 2 atom stereocenters. The van der Waals surface area contributed by atoms with E-state index in [1.807, 2.05) is 16.3 Å². The van der Waals surface area contributed by atoms with Crippen molar-refractivity contribution in [2.45, 2.75) is 31.8 Å². The molecule has 4 aliphatic rings. The quantitative estimate of drug-likeness (QED) is 0.833. The Morgan fingerprint density at radius 3 is 2.86 bits per heavy atom. The fourth-order valence-corrected chi connectivity index (χ4v) is 6.48. The molecular weight excluding hydrogens is 392 g/mol. The summed E-state index contributed by atoms with van der Waals surface area (Å²) >= 11 is 3.25. The molecule has 28 heavy (non-hydrogen) atoms. The van der Waals surface area contributed by atoms with Crippen molar-refractivity contribution in [3.8, 4) is 0 Å². The minimum absolute atomic E-state index is 0.106. The predicted molar refractivity (Wildman–Crippen MR) is 114 cm³/mol. The highest BCUT2D eigenvalue weighted by Crippen LogP contribution is 2.35. The van der Waals surface area contributed by atoms with E-state index in [0.717, 1.165) is 54.0 Å². The molecule has 1 N–H and O–H groups in total. The lowest BCUT2D eigenvalue weighted by molar-refractivity contribution is -0.116. The van der Waals surface area contributed by atoms with Crippen LogP contribution in [0.3, 0.4) is 0 Å². The molecule has 0 unspecified atom stereocenters. The van der Waals surface area contributed by atoms with Gasteiger partial charge in [0.05, 0.1) is 16.1 Å². The predicted octanol–water partition coefficient (Wildman–Crippen LogP) is 2.59. The Labute approximate surface area is 172 Å². The van der Waals surface area contributed by atoms with Crippen LogP contribution in [0.15, 0.2) is 17.6 Å². The smallest absolute Gasteiger partial charge is 0.270 e. The summed E-state index contributed by atoms with van der Waals surface area (Å²) in [6.07, 6.45) is 4.08. The number of rotatable bonds is 3. The van der Waals surface area contributed by atoms with Gasteiger partial charge in [0.15, 0.2) is 0 Å². The highest BCUT2D eigenvalue weighted by molar-refractivity contribution is 8.00. The van der Waals surface area contributed by atoms with E-state index in [4.69, 9.17) is 0 Å². The Balaban J connectivity index is 1.40. The number of hydrogen-bond donors (Lipinski definition) is 1. The van der Waals surface area contributed by atoms with Crippen LogP contribution in [0.25, 0.3) is 10.1 Å². The first-order valence-corrected chi connectivity index (χ1v) is 12.0. The van der Waals surface area contributed by atoms with Gasteiger partial charge in [0.25, 0.3) is 5.91 Å². The van der Waals surface area contributed by atoms with Crippen LogP contribution in [0, 0.1) is 5.92 Å². The number of nitrogens with zero attached hydrogens (tertiary/aromatic N) is 3. The van der Waals surface area contributed by atoms with Gasteiger partial charge in [-0.25, -0.2) is 4.98 Å². The van der Waals surface area contributed by atoms with Gasteiger partial charge in [0.1, 0.15) is 5.69 Å². The molecule has 0 spiro atoms. The molecule has 0 aliphatic carbocycles. The van der Waals surface area contributed by atoms with Gasteiger partial charge in [-0.2, -0.15) is 11.8 Å². The Bertz CT molecular complexity index is 920. The van der Waals surface area contributed by atoms with Crippen molar-refractivity contribution < 1.29 is 9.59 Å². The SMILES string of the molecule is C[C@@H]1[C@H](NC(=O)c2cc3c(N4CCSCC4=O)csc3cn2)C2CCN1CC2. The number of piperidine rings is 3. The van der Waals surface area contributed by atoms with Gasteiger partial charge in [0, 0.05) is 41.3 Å². The lowest BCUT2D eigenvalue weighted by Gasteiger charge is -2.49. The lowest BCUT2D eigenvalue weighted by atomic mass is 9.79. The molecule has 2 aromatic heterocycles. The fraction of sp³-hybridized carbons (Fsp3) is 0.550. The molecule has 2 bridgehead atoms. The summed E-state index contributed by atoms with van der Waals surface area (Å²) in [5, 5.41) is 6.22. The summed E-state index contributed by atoms with van der Waals surface area (Å²) in [6.45, 7) is 5.21. The number of hydrogen-bond acceptors (Lipinski definition) is 6. The molecule has 4 saturated heterocycles. The Morgan fingerprint density at radius 2 is 2.11 bits per heavy atom. The van der Waals surface area contributed by atoms with E-state index in [9.17, 15) is 9.59 Å². The Morgan fingerprint density at radius 1 is 1.29 bits per heavy atom. The van der Waals surface area contributed by atoms with Gasteiger partial charge in [0.2, 0.25) is 5.91 Å². The monoisotopic (exact) mass is 416 g/mol. The lowest BCUT2D eigenvalue weighted by Crippen LogP contribution is -2.62. The molecule has 4 fully saturated rings. The van der Waals surface area contributed by atoms with E-state index in [1.165, 1.54) is 0 Å². The van der Waals surface area contributed by atoms with Crippen LogP contribution < -0.4 is 10.2 Å². The van der Waals surface area contributed by atoms with Crippen molar-refractivity contribution in [2.75, 3.05) is 36.0 Å². The maximum absolute atomic E-state index is 13.0. The van der Waals surface area contributed by atoms with Crippen molar-refractivity contribution in [2.24, 2.45) is 5.92 Å². The minimum atomic E-state index is -0.106. The van der Waals surface area contributed by atoms with Crippen molar-refractivity contribution >= 4 is 50.7 Å². The van der Waals surface area contributed by atoms with Crippen LogP contribution >= 0.6 is 23.1 Å². The standard InChI is InChI=1S/C20H24N4O2S2/c1-12-19(13-2-4-23(12)5-3-13)22-20(26)15-8-14-16(10-28-17(14)9-21-15)24-6-7-27-11-18(24)25/h8-10,12-13,19H,2-7,11H2,1H3,(H,22,26)/t12-,19+/m1/s1. The van der Waals surface area contributed by atoms with Gasteiger partial charge < -0.3 is 10.2 Å². The highest BCUT2D eigenvalue weighted by atomic mass is 32.2. The van der Waals surface area contributed by atoms with E-state index < -0.39 is 0 Å². The average Bonchev–Trinajstić information content (AvgIpc) is 3.14. The van der Waals surface area contributed by atoms with E-state index >= 15 is 0 Å². The van der Waals surface area contributed by atoms with Crippen LogP contribution in [0.2, 0.25) is 0 Å². The molecule has 0 radical (unpaired) electrons. The second-order valence-corrected chi connectivity index (χ2v) is 9.91. The molecule has 0 saturated carbocycles. The molecule has 2 aromatic rings. The third-order valence-corrected chi connectivity index (χ3v) is 8.27. The summed E-state index contributed by atoms with van der Waals surface area (Å²) < 4.78 is 1.01. The van der Waals surface area contributed by atoms with E-state index in [0.29, 0.717) is 23.4 Å². The summed E-state index contributed by atoms with van der Waals surface area (Å²) in [7, 11) is 0. The van der Waals surface area contributed by atoms with Gasteiger partial charge in [-0.3, -0.25) is 14.5 Å². The number of nitrogens with one attached hydrogen (secondary N) is 1. The van der Waals surface area contributed by atoms with Crippen LogP contribution in [0.1, 0.15) is 30.3 Å². The first-order chi connectivity index (χ1) is 13.6. The summed E-state index contributed by atoms with van der Waals surface area (Å²) in [5.41, 5.74) is 1.35. The maximum Gasteiger partial charge on any atom is 0.270 e. The highest BCUT2D eigenvalue weighted by Gasteiger charge is 2.40. The Kier molecular flexibility index (Phi) is 4.80. The van der Waals surface area contributed by atoms with E-state index in [2.05, 4.69) is 22.1 Å². The molecule has 148 valence electrons. The van der Waals surface area contributed by atoms with Crippen molar-refractivity contribution in [1.29, 1.82) is 0 Å². The topological polar surface area (TPSA) is 65.5 Å². The van der Waals surface area contributed by atoms with Gasteiger partial charge in [-0.1, -0.05) is 0 Å². The number of amides is 2. The molecule has 6 nitrogen and oxygen atoms in total. The zero-order chi connectivity index (χ0) is 19.3. The van der Waals surface area contributed by atoms with E-state index in [1.54, 1.807) is 29.3 Å². The average molecular weight is 417 g/mol. The number of thiophene rings is 1. The molecule has 2 amide bonds. The molecule has 6 heterocycles. The largest absolute Gasteiger partial charge is 0.346 e. The normalized spacial score (nSPS) is 30.0.